The Morgan fingerprint density at radius 3 is 1.54 bits per heavy atom. The maximum atomic E-state index is 6.41. The predicted octanol–water partition coefficient (Wildman–Crippen LogP) is 15.6. The summed E-state index contributed by atoms with van der Waals surface area (Å²) in [4.78, 5) is 16.1. The van der Waals surface area contributed by atoms with Crippen molar-refractivity contribution in [2.45, 2.75) is 5.41 Å². The van der Waals surface area contributed by atoms with Crippen molar-refractivity contribution in [3.05, 3.63) is 247 Å². The third kappa shape index (κ3) is 4.88. The number of nitrogens with zero attached hydrogens (tertiary/aromatic N) is 5. The zero-order valence-electron chi connectivity index (χ0n) is 37.5. The molecule has 0 atom stereocenters. The summed E-state index contributed by atoms with van der Waals surface area (Å²) >= 11 is 0. The maximum Gasteiger partial charge on any atom is 0.238 e. The van der Waals surface area contributed by atoms with Crippen molar-refractivity contribution in [3.63, 3.8) is 0 Å². The predicted molar refractivity (Wildman–Crippen MR) is 283 cm³/mol. The van der Waals surface area contributed by atoms with Crippen LogP contribution in [0.3, 0.4) is 0 Å². The van der Waals surface area contributed by atoms with Crippen LogP contribution in [0.15, 0.2) is 229 Å². The molecule has 0 aliphatic heterocycles. The smallest absolute Gasteiger partial charge is 0.238 e. The molecule has 6 nitrogen and oxygen atoms in total. The van der Waals surface area contributed by atoms with Crippen LogP contribution in [0.1, 0.15) is 22.3 Å². The zero-order chi connectivity index (χ0) is 45.7. The van der Waals surface area contributed by atoms with E-state index in [0.29, 0.717) is 17.6 Å². The Bertz CT molecular complexity index is 4470. The maximum absolute atomic E-state index is 6.41. The van der Waals surface area contributed by atoms with E-state index in [1.54, 1.807) is 0 Å². The van der Waals surface area contributed by atoms with Crippen LogP contribution >= 0.6 is 0 Å². The number of hydrogen-bond donors (Lipinski definition) is 0. The minimum absolute atomic E-state index is 0.466. The number of para-hydroxylation sites is 4. The Labute approximate surface area is 401 Å². The van der Waals surface area contributed by atoms with E-state index in [1.807, 2.05) is 18.2 Å². The second-order valence-corrected chi connectivity index (χ2v) is 18.6. The molecule has 2 aliphatic carbocycles. The Morgan fingerprint density at radius 1 is 0.343 bits per heavy atom. The summed E-state index contributed by atoms with van der Waals surface area (Å²) in [6.45, 7) is 0. The van der Waals surface area contributed by atoms with Crippen LogP contribution in [-0.4, -0.2) is 24.1 Å². The molecule has 2 aliphatic rings. The summed E-state index contributed by atoms with van der Waals surface area (Å²) in [5.41, 5.74) is 18.7. The molecule has 10 aromatic carbocycles. The Morgan fingerprint density at radius 2 is 0.857 bits per heavy atom. The first-order valence-electron chi connectivity index (χ1n) is 23.9. The van der Waals surface area contributed by atoms with Gasteiger partial charge in [-0.05, 0) is 87.5 Å². The van der Waals surface area contributed by atoms with Gasteiger partial charge in [-0.3, -0.25) is 4.57 Å². The molecule has 0 amide bonds. The van der Waals surface area contributed by atoms with E-state index in [0.717, 1.165) is 66.1 Å². The van der Waals surface area contributed by atoms with Gasteiger partial charge < -0.3 is 8.98 Å². The third-order valence-corrected chi connectivity index (χ3v) is 15.2. The van der Waals surface area contributed by atoms with Crippen LogP contribution in [0.2, 0.25) is 0 Å². The molecule has 16 rings (SSSR count). The monoisotopic (exact) mass is 891 g/mol. The molecular weight excluding hydrogens is 855 g/mol. The molecule has 0 fully saturated rings. The lowest BCUT2D eigenvalue weighted by Gasteiger charge is -2.30. The molecule has 0 N–H and O–H groups in total. The minimum Gasteiger partial charge on any atom is -0.456 e. The topological polar surface area (TPSA) is 61.7 Å². The molecule has 6 heteroatoms. The second-order valence-electron chi connectivity index (χ2n) is 18.6. The number of fused-ring (bicyclic) bond motifs is 20. The van der Waals surface area contributed by atoms with Crippen molar-refractivity contribution < 1.29 is 4.42 Å². The average molecular weight is 892 g/mol. The fourth-order valence-corrected chi connectivity index (χ4v) is 12.4. The minimum atomic E-state index is -0.466. The van der Waals surface area contributed by atoms with Gasteiger partial charge in [0.15, 0.2) is 11.6 Å². The molecule has 0 radical (unpaired) electrons. The fourth-order valence-electron chi connectivity index (χ4n) is 12.4. The van der Waals surface area contributed by atoms with Crippen LogP contribution in [0.25, 0.3) is 122 Å². The number of furan rings is 1. The molecule has 70 heavy (non-hydrogen) atoms. The van der Waals surface area contributed by atoms with Gasteiger partial charge in [0, 0.05) is 54.7 Å². The molecule has 14 aromatic rings. The van der Waals surface area contributed by atoms with Crippen LogP contribution < -0.4 is 0 Å². The lowest BCUT2D eigenvalue weighted by Crippen LogP contribution is -2.25. The van der Waals surface area contributed by atoms with Gasteiger partial charge in [-0.15, -0.1) is 0 Å². The molecular formula is C64H37N5O. The quantitative estimate of drug-likeness (QED) is 0.177. The number of hydrogen-bond acceptors (Lipinski definition) is 4. The van der Waals surface area contributed by atoms with Gasteiger partial charge in [-0.1, -0.05) is 176 Å². The van der Waals surface area contributed by atoms with E-state index >= 15 is 0 Å². The van der Waals surface area contributed by atoms with Crippen molar-refractivity contribution in [2.24, 2.45) is 0 Å². The number of aromatic nitrogens is 5. The van der Waals surface area contributed by atoms with Crippen molar-refractivity contribution in [2.75, 3.05) is 0 Å². The summed E-state index contributed by atoms with van der Waals surface area (Å²) in [5.74, 6) is 1.67. The van der Waals surface area contributed by atoms with Gasteiger partial charge in [-0.2, -0.15) is 9.97 Å². The summed E-state index contributed by atoms with van der Waals surface area (Å²) in [6, 6.07) is 80.8. The lowest BCUT2D eigenvalue weighted by atomic mass is 9.70. The fraction of sp³-hybridized carbons (Fsp3) is 0.0156. The summed E-state index contributed by atoms with van der Waals surface area (Å²) in [5, 5.41) is 6.82. The van der Waals surface area contributed by atoms with Gasteiger partial charge in [0.25, 0.3) is 0 Å². The summed E-state index contributed by atoms with van der Waals surface area (Å²) < 4.78 is 11.1. The van der Waals surface area contributed by atoms with Gasteiger partial charge in [0.2, 0.25) is 5.95 Å². The summed E-state index contributed by atoms with van der Waals surface area (Å²) in [6.07, 6.45) is 0. The molecule has 4 aromatic heterocycles. The first kappa shape index (κ1) is 37.7. The Kier molecular flexibility index (Phi) is 7.45. The Hall–Kier alpha value is -9.39. The number of benzene rings is 10. The standard InChI is InChI=1S/C64H37N5O/c1-8-25-50-41(18-1)42-19-2-9-26-51(42)64(50)52-27-10-3-24-49(52)59-53(64)35-34-48-45-22-6-11-28-54(45)68(60(48)59)40-17-15-16-38(36-40)61-65-62(39-32-33-47-46-23-7-14-31-57(46)70-58(47)37-39)67-63(66-61)69-55-29-12-4-20-43(55)44-21-5-13-30-56(44)69/h1-37H. The number of rotatable bonds is 4. The van der Waals surface area contributed by atoms with Gasteiger partial charge in [0.1, 0.15) is 11.2 Å². The molecule has 0 unspecified atom stereocenters. The molecule has 324 valence electrons. The first-order valence-corrected chi connectivity index (χ1v) is 23.9. The largest absolute Gasteiger partial charge is 0.456 e. The van der Waals surface area contributed by atoms with E-state index in [9.17, 15) is 0 Å². The van der Waals surface area contributed by atoms with Crippen molar-refractivity contribution in [3.8, 4) is 56.7 Å². The van der Waals surface area contributed by atoms with Crippen LogP contribution in [-0.2, 0) is 5.41 Å². The molecule has 1 spiro atoms. The second kappa shape index (κ2) is 13.8. The van der Waals surface area contributed by atoms with Crippen molar-refractivity contribution in [1.29, 1.82) is 0 Å². The van der Waals surface area contributed by atoms with E-state index in [1.165, 1.54) is 60.8 Å². The molecule has 0 saturated heterocycles. The highest BCUT2D eigenvalue weighted by atomic mass is 16.3. The van der Waals surface area contributed by atoms with E-state index in [4.69, 9.17) is 19.4 Å². The Balaban J connectivity index is 0.954. The average Bonchev–Trinajstić information content (AvgIpc) is 4.21. The zero-order valence-corrected chi connectivity index (χ0v) is 37.5. The highest BCUT2D eigenvalue weighted by molar-refractivity contribution is 6.17. The molecule has 0 saturated carbocycles. The van der Waals surface area contributed by atoms with Crippen molar-refractivity contribution in [1.82, 2.24) is 24.1 Å². The van der Waals surface area contributed by atoms with Crippen molar-refractivity contribution >= 4 is 65.6 Å². The lowest BCUT2D eigenvalue weighted by molar-refractivity contribution is 0.669. The first-order chi connectivity index (χ1) is 34.7. The molecule has 0 bridgehead atoms. The van der Waals surface area contributed by atoms with Crippen LogP contribution in [0.5, 0.6) is 0 Å². The third-order valence-electron chi connectivity index (χ3n) is 15.2. The highest BCUT2D eigenvalue weighted by Gasteiger charge is 2.52. The van der Waals surface area contributed by atoms with Crippen LogP contribution in [0.4, 0.5) is 0 Å². The highest BCUT2D eigenvalue weighted by Crippen LogP contribution is 2.64. The molecule has 4 heterocycles. The van der Waals surface area contributed by atoms with Gasteiger partial charge >= 0.3 is 0 Å². The SMILES string of the molecule is c1cc(-c2nc(-c3ccc4c(c3)oc3ccccc34)nc(-n3c4ccccc4c4ccccc43)n2)cc(-n2c3ccccc3c3ccc4c(c32)-c2ccccc2C42c3ccccc3-c3ccccc32)c1. The van der Waals surface area contributed by atoms with Gasteiger partial charge in [0.05, 0.1) is 27.5 Å². The summed E-state index contributed by atoms with van der Waals surface area (Å²) in [7, 11) is 0. The van der Waals surface area contributed by atoms with E-state index in [-0.39, 0.29) is 0 Å². The van der Waals surface area contributed by atoms with E-state index in [2.05, 4.69) is 215 Å². The van der Waals surface area contributed by atoms with Gasteiger partial charge in [-0.25, -0.2) is 4.98 Å². The normalized spacial score (nSPS) is 13.3. The van der Waals surface area contributed by atoms with Crippen LogP contribution in [0, 0.1) is 0 Å². The van der Waals surface area contributed by atoms with E-state index < -0.39 is 5.41 Å².